The summed E-state index contributed by atoms with van der Waals surface area (Å²) >= 11 is 1.64. The van der Waals surface area contributed by atoms with Crippen LogP contribution in [0.4, 0.5) is 0 Å². The Hall–Kier alpha value is -1.38. The molecule has 1 saturated heterocycles. The Morgan fingerprint density at radius 1 is 1.33 bits per heavy atom. The van der Waals surface area contributed by atoms with Gasteiger partial charge in [0.15, 0.2) is 5.16 Å². The molecule has 0 amide bonds. The van der Waals surface area contributed by atoms with Crippen LogP contribution < -0.4 is 5.32 Å². The van der Waals surface area contributed by atoms with E-state index >= 15 is 0 Å². The molecule has 132 valence electrons. The molecular formula is C15H24ClN7S. The van der Waals surface area contributed by atoms with Gasteiger partial charge >= 0.3 is 0 Å². The summed E-state index contributed by atoms with van der Waals surface area (Å²) < 4.78 is 2.19. The van der Waals surface area contributed by atoms with Crippen LogP contribution in [0.25, 0.3) is 0 Å². The second-order valence-electron chi connectivity index (χ2n) is 5.60. The fourth-order valence-electron chi connectivity index (χ4n) is 2.78. The second kappa shape index (κ2) is 9.19. The number of aryl methyl sites for hydroxylation is 1. The van der Waals surface area contributed by atoms with Crippen molar-refractivity contribution in [2.45, 2.75) is 49.6 Å². The van der Waals surface area contributed by atoms with Crippen molar-refractivity contribution in [1.29, 1.82) is 0 Å². The van der Waals surface area contributed by atoms with E-state index in [0.717, 1.165) is 61.5 Å². The molecule has 1 aliphatic heterocycles. The Morgan fingerprint density at radius 2 is 2.12 bits per heavy atom. The summed E-state index contributed by atoms with van der Waals surface area (Å²) in [6.45, 7) is 8.75. The quantitative estimate of drug-likeness (QED) is 0.575. The molecule has 0 bridgehead atoms. The van der Waals surface area contributed by atoms with Crippen LogP contribution in [0.15, 0.2) is 17.8 Å². The maximum absolute atomic E-state index is 4.46. The zero-order chi connectivity index (χ0) is 16.1. The third-order valence-corrected chi connectivity index (χ3v) is 4.97. The summed E-state index contributed by atoms with van der Waals surface area (Å²) in [6, 6.07) is 0. The molecule has 24 heavy (non-hydrogen) atoms. The van der Waals surface area contributed by atoms with E-state index in [1.807, 2.05) is 13.0 Å². The number of aromatic nitrogens is 6. The SMILES string of the molecule is C=CCn1c(SCc2nc(CC)n[nH]2)nnc1C1CCNCC1.Cl. The van der Waals surface area contributed by atoms with Crippen molar-refractivity contribution < 1.29 is 0 Å². The van der Waals surface area contributed by atoms with E-state index in [1.165, 1.54) is 0 Å². The molecule has 9 heteroatoms. The number of piperidine rings is 1. The molecule has 0 unspecified atom stereocenters. The summed E-state index contributed by atoms with van der Waals surface area (Å²) in [7, 11) is 0. The van der Waals surface area contributed by atoms with Gasteiger partial charge in [-0.05, 0) is 25.9 Å². The van der Waals surface area contributed by atoms with E-state index in [1.54, 1.807) is 11.8 Å². The molecule has 1 aliphatic rings. The molecule has 2 aromatic rings. The number of nitrogens with zero attached hydrogens (tertiary/aromatic N) is 5. The summed E-state index contributed by atoms with van der Waals surface area (Å²) in [5, 5.41) is 20.3. The van der Waals surface area contributed by atoms with Crippen LogP contribution in [-0.2, 0) is 18.7 Å². The van der Waals surface area contributed by atoms with Gasteiger partial charge in [-0.3, -0.25) is 5.10 Å². The van der Waals surface area contributed by atoms with Gasteiger partial charge in [0.25, 0.3) is 0 Å². The summed E-state index contributed by atoms with van der Waals surface area (Å²) in [5.41, 5.74) is 0. The van der Waals surface area contributed by atoms with E-state index in [-0.39, 0.29) is 12.4 Å². The molecule has 0 spiro atoms. The lowest BCUT2D eigenvalue weighted by Gasteiger charge is -2.22. The first-order valence-electron chi connectivity index (χ1n) is 8.09. The van der Waals surface area contributed by atoms with Crippen molar-refractivity contribution in [3.63, 3.8) is 0 Å². The van der Waals surface area contributed by atoms with E-state index in [9.17, 15) is 0 Å². The van der Waals surface area contributed by atoms with Crippen LogP contribution in [0.3, 0.4) is 0 Å². The predicted octanol–water partition coefficient (Wildman–Crippen LogP) is 2.33. The highest BCUT2D eigenvalue weighted by Crippen LogP contribution is 2.28. The van der Waals surface area contributed by atoms with Gasteiger partial charge in [-0.15, -0.1) is 29.2 Å². The van der Waals surface area contributed by atoms with Crippen molar-refractivity contribution in [2.24, 2.45) is 0 Å². The molecule has 0 radical (unpaired) electrons. The van der Waals surface area contributed by atoms with E-state index in [4.69, 9.17) is 0 Å². The van der Waals surface area contributed by atoms with Crippen LogP contribution in [-0.4, -0.2) is 43.0 Å². The minimum atomic E-state index is 0. The van der Waals surface area contributed by atoms with Crippen LogP contribution in [0.2, 0.25) is 0 Å². The van der Waals surface area contributed by atoms with Crippen molar-refractivity contribution in [1.82, 2.24) is 35.3 Å². The van der Waals surface area contributed by atoms with Crippen LogP contribution in [0, 0.1) is 0 Å². The minimum Gasteiger partial charge on any atom is -0.317 e. The second-order valence-corrected chi connectivity index (χ2v) is 6.55. The van der Waals surface area contributed by atoms with Gasteiger partial charge in [-0.25, -0.2) is 4.98 Å². The summed E-state index contributed by atoms with van der Waals surface area (Å²) in [5.74, 6) is 4.01. The largest absolute Gasteiger partial charge is 0.317 e. The molecule has 0 atom stereocenters. The first-order valence-corrected chi connectivity index (χ1v) is 9.08. The van der Waals surface area contributed by atoms with E-state index in [0.29, 0.717) is 11.7 Å². The maximum atomic E-state index is 4.46. The Bertz CT molecular complexity index is 648. The van der Waals surface area contributed by atoms with Gasteiger partial charge in [0.05, 0.1) is 5.75 Å². The molecule has 3 rings (SSSR count). The lowest BCUT2D eigenvalue weighted by atomic mass is 9.97. The maximum Gasteiger partial charge on any atom is 0.191 e. The molecular weight excluding hydrogens is 346 g/mol. The normalized spacial score (nSPS) is 15.2. The molecule has 1 fully saturated rings. The van der Waals surface area contributed by atoms with Crippen molar-refractivity contribution in [3.05, 3.63) is 30.1 Å². The molecule has 0 aliphatic carbocycles. The number of nitrogens with one attached hydrogen (secondary N) is 2. The average molecular weight is 370 g/mol. The zero-order valence-corrected chi connectivity index (χ0v) is 15.5. The van der Waals surface area contributed by atoms with Crippen LogP contribution >= 0.6 is 24.2 Å². The van der Waals surface area contributed by atoms with Crippen molar-refractivity contribution in [3.8, 4) is 0 Å². The van der Waals surface area contributed by atoms with Crippen LogP contribution in [0.1, 0.15) is 43.2 Å². The van der Waals surface area contributed by atoms with E-state index in [2.05, 4.69) is 41.8 Å². The summed E-state index contributed by atoms with van der Waals surface area (Å²) in [4.78, 5) is 4.44. The van der Waals surface area contributed by atoms with Crippen molar-refractivity contribution in [2.75, 3.05) is 13.1 Å². The number of thioether (sulfide) groups is 1. The Labute approximate surface area is 152 Å². The average Bonchev–Trinajstić information content (AvgIpc) is 3.21. The topological polar surface area (TPSA) is 84.3 Å². The first kappa shape index (κ1) is 19.0. The molecule has 3 heterocycles. The number of allylic oxidation sites excluding steroid dienone is 1. The monoisotopic (exact) mass is 369 g/mol. The Balaban J connectivity index is 0.00000208. The van der Waals surface area contributed by atoms with Gasteiger partial charge in [0.2, 0.25) is 0 Å². The number of hydrogen-bond donors (Lipinski definition) is 2. The van der Waals surface area contributed by atoms with Gasteiger partial charge < -0.3 is 9.88 Å². The smallest absolute Gasteiger partial charge is 0.191 e. The van der Waals surface area contributed by atoms with Gasteiger partial charge in [-0.1, -0.05) is 24.8 Å². The lowest BCUT2D eigenvalue weighted by molar-refractivity contribution is 0.431. The van der Waals surface area contributed by atoms with Gasteiger partial charge in [-0.2, -0.15) is 5.10 Å². The fraction of sp³-hybridized carbons (Fsp3) is 0.600. The molecule has 2 N–H and O–H groups in total. The number of hydrogen-bond acceptors (Lipinski definition) is 6. The van der Waals surface area contributed by atoms with Crippen molar-refractivity contribution >= 4 is 24.2 Å². The predicted molar refractivity (Wildman–Crippen MR) is 97.6 cm³/mol. The highest BCUT2D eigenvalue weighted by Gasteiger charge is 2.23. The van der Waals surface area contributed by atoms with Gasteiger partial charge in [0, 0.05) is 18.9 Å². The van der Waals surface area contributed by atoms with Crippen LogP contribution in [0.5, 0.6) is 0 Å². The van der Waals surface area contributed by atoms with E-state index < -0.39 is 0 Å². The molecule has 7 nitrogen and oxygen atoms in total. The highest BCUT2D eigenvalue weighted by atomic mass is 35.5. The number of aromatic amines is 1. The zero-order valence-electron chi connectivity index (χ0n) is 13.9. The molecule has 0 aromatic carbocycles. The fourth-order valence-corrected chi connectivity index (χ4v) is 3.60. The third-order valence-electron chi connectivity index (χ3n) is 3.99. The first-order chi connectivity index (χ1) is 11.3. The molecule has 2 aromatic heterocycles. The summed E-state index contributed by atoms with van der Waals surface area (Å²) in [6.07, 6.45) is 4.97. The van der Waals surface area contributed by atoms with Gasteiger partial charge in [0.1, 0.15) is 17.5 Å². The lowest BCUT2D eigenvalue weighted by Crippen LogP contribution is -2.28. The Kier molecular flexibility index (Phi) is 7.26. The molecule has 0 saturated carbocycles. The number of halogens is 1. The standard InChI is InChI=1S/C15H23N7S.ClH/c1-3-9-22-14(11-5-7-16-8-6-11)20-21-15(22)23-10-13-17-12(4-2)18-19-13;/h3,11,16H,1,4-10H2,2H3,(H,17,18,19);1H. The minimum absolute atomic E-state index is 0. The Morgan fingerprint density at radius 3 is 2.79 bits per heavy atom. The highest BCUT2D eigenvalue weighted by molar-refractivity contribution is 7.98. The number of rotatable bonds is 7. The third kappa shape index (κ3) is 4.37. The number of H-pyrrole nitrogens is 1.